The third-order valence-corrected chi connectivity index (χ3v) is 5.06. The summed E-state index contributed by atoms with van der Waals surface area (Å²) in [5, 5.41) is 2.80. The number of hydrogen-bond acceptors (Lipinski definition) is 3. The van der Waals surface area contributed by atoms with Crippen LogP contribution in [0.3, 0.4) is 0 Å². The van der Waals surface area contributed by atoms with E-state index in [4.69, 9.17) is 4.74 Å². The SMILES string of the molecule is CCCNC(=O)[C@@H](C)N(Cc1ccccc1F)C(=O)COc1ccccc1C(C)(C)C. The molecule has 0 bridgehead atoms. The Bertz CT molecular complexity index is 892. The predicted molar refractivity (Wildman–Crippen MR) is 120 cm³/mol. The van der Waals surface area contributed by atoms with Gasteiger partial charge in [0.1, 0.15) is 17.6 Å². The number of rotatable bonds is 9. The molecule has 0 radical (unpaired) electrons. The number of para-hydroxylation sites is 1. The van der Waals surface area contributed by atoms with Crippen molar-refractivity contribution in [1.29, 1.82) is 0 Å². The van der Waals surface area contributed by atoms with Crippen LogP contribution in [0, 0.1) is 5.82 Å². The Morgan fingerprint density at radius 1 is 1.10 bits per heavy atom. The van der Waals surface area contributed by atoms with Crippen LogP contribution in [0.15, 0.2) is 48.5 Å². The van der Waals surface area contributed by atoms with Gasteiger partial charge in [-0.15, -0.1) is 0 Å². The molecule has 0 aromatic heterocycles. The van der Waals surface area contributed by atoms with Gasteiger partial charge in [-0.2, -0.15) is 0 Å². The number of ether oxygens (including phenoxy) is 1. The van der Waals surface area contributed by atoms with Crippen molar-refractivity contribution in [2.75, 3.05) is 13.2 Å². The maximum absolute atomic E-state index is 14.2. The van der Waals surface area contributed by atoms with Crippen molar-refractivity contribution >= 4 is 11.8 Å². The van der Waals surface area contributed by atoms with Crippen LogP contribution < -0.4 is 10.1 Å². The molecule has 0 saturated carbocycles. The van der Waals surface area contributed by atoms with Crippen LogP contribution in [-0.4, -0.2) is 35.9 Å². The minimum absolute atomic E-state index is 0.0174. The Morgan fingerprint density at radius 3 is 2.39 bits per heavy atom. The summed E-state index contributed by atoms with van der Waals surface area (Å²) in [6.45, 7) is 10.1. The molecule has 168 valence electrons. The topological polar surface area (TPSA) is 58.6 Å². The number of hydrogen-bond donors (Lipinski definition) is 1. The molecule has 0 fully saturated rings. The number of nitrogens with one attached hydrogen (secondary N) is 1. The van der Waals surface area contributed by atoms with Crippen LogP contribution in [0.2, 0.25) is 0 Å². The van der Waals surface area contributed by atoms with Crippen molar-refractivity contribution in [3.8, 4) is 5.75 Å². The Labute approximate surface area is 184 Å². The lowest BCUT2D eigenvalue weighted by Gasteiger charge is -2.29. The van der Waals surface area contributed by atoms with E-state index < -0.39 is 11.9 Å². The number of benzene rings is 2. The Morgan fingerprint density at radius 2 is 1.74 bits per heavy atom. The molecule has 31 heavy (non-hydrogen) atoms. The van der Waals surface area contributed by atoms with Crippen LogP contribution >= 0.6 is 0 Å². The average molecular weight is 429 g/mol. The zero-order valence-corrected chi connectivity index (χ0v) is 19.1. The first-order valence-corrected chi connectivity index (χ1v) is 10.7. The van der Waals surface area contributed by atoms with E-state index in [-0.39, 0.29) is 30.4 Å². The maximum atomic E-state index is 14.2. The van der Waals surface area contributed by atoms with Gasteiger partial charge >= 0.3 is 0 Å². The van der Waals surface area contributed by atoms with E-state index in [0.29, 0.717) is 17.9 Å². The van der Waals surface area contributed by atoms with Crippen molar-refractivity contribution in [2.24, 2.45) is 0 Å². The second-order valence-electron chi connectivity index (χ2n) is 8.61. The number of amides is 2. The molecule has 0 aliphatic heterocycles. The van der Waals surface area contributed by atoms with Crippen LogP contribution in [0.25, 0.3) is 0 Å². The van der Waals surface area contributed by atoms with Crippen LogP contribution in [0.1, 0.15) is 52.2 Å². The summed E-state index contributed by atoms with van der Waals surface area (Å²) in [5.74, 6) is -0.453. The lowest BCUT2D eigenvalue weighted by Crippen LogP contribution is -2.49. The summed E-state index contributed by atoms with van der Waals surface area (Å²) in [4.78, 5) is 27.0. The average Bonchev–Trinajstić information content (AvgIpc) is 2.74. The lowest BCUT2D eigenvalue weighted by atomic mass is 9.86. The second-order valence-corrected chi connectivity index (χ2v) is 8.61. The fourth-order valence-corrected chi connectivity index (χ4v) is 3.22. The van der Waals surface area contributed by atoms with Gasteiger partial charge in [-0.05, 0) is 36.5 Å². The van der Waals surface area contributed by atoms with Crippen molar-refractivity contribution in [3.63, 3.8) is 0 Å². The quantitative estimate of drug-likeness (QED) is 0.642. The highest BCUT2D eigenvalue weighted by Gasteiger charge is 2.27. The molecule has 0 heterocycles. The van der Waals surface area contributed by atoms with Crippen molar-refractivity contribution < 1.29 is 18.7 Å². The van der Waals surface area contributed by atoms with Gasteiger partial charge in [0, 0.05) is 18.7 Å². The highest BCUT2D eigenvalue weighted by Crippen LogP contribution is 2.31. The van der Waals surface area contributed by atoms with Crippen LogP contribution in [0.5, 0.6) is 5.75 Å². The molecule has 0 aliphatic rings. The molecule has 6 heteroatoms. The smallest absolute Gasteiger partial charge is 0.261 e. The summed E-state index contributed by atoms with van der Waals surface area (Å²) in [7, 11) is 0. The minimum atomic E-state index is -0.764. The molecule has 2 amide bonds. The second kappa shape index (κ2) is 10.9. The summed E-state index contributed by atoms with van der Waals surface area (Å²) in [6, 6.07) is 13.1. The number of halogens is 1. The van der Waals surface area contributed by atoms with Crippen LogP contribution in [-0.2, 0) is 21.5 Å². The molecule has 2 rings (SSSR count). The Hall–Kier alpha value is -2.89. The minimum Gasteiger partial charge on any atom is -0.483 e. The van der Waals surface area contributed by atoms with E-state index in [2.05, 4.69) is 26.1 Å². The van der Waals surface area contributed by atoms with E-state index in [0.717, 1.165) is 12.0 Å². The lowest BCUT2D eigenvalue weighted by molar-refractivity contribution is -0.142. The molecule has 1 atom stereocenters. The molecule has 0 spiro atoms. The fourth-order valence-electron chi connectivity index (χ4n) is 3.22. The van der Waals surface area contributed by atoms with E-state index >= 15 is 0 Å². The largest absolute Gasteiger partial charge is 0.483 e. The molecular formula is C25H33FN2O3. The van der Waals surface area contributed by atoms with Crippen molar-refractivity contribution in [3.05, 3.63) is 65.5 Å². The third kappa shape index (κ3) is 6.81. The third-order valence-electron chi connectivity index (χ3n) is 5.06. The highest BCUT2D eigenvalue weighted by molar-refractivity contribution is 5.88. The van der Waals surface area contributed by atoms with Crippen molar-refractivity contribution in [2.45, 2.75) is 59.0 Å². The first-order chi connectivity index (χ1) is 14.6. The Balaban J connectivity index is 2.22. The van der Waals surface area contributed by atoms with Gasteiger partial charge in [-0.3, -0.25) is 9.59 Å². The van der Waals surface area contributed by atoms with E-state index in [1.165, 1.54) is 11.0 Å². The summed E-state index contributed by atoms with van der Waals surface area (Å²) in [6.07, 6.45) is 0.784. The molecule has 1 N–H and O–H groups in total. The normalized spacial score (nSPS) is 12.2. The Kier molecular flexibility index (Phi) is 8.60. The number of carbonyl (C=O) groups excluding carboxylic acids is 2. The van der Waals surface area contributed by atoms with Crippen LogP contribution in [0.4, 0.5) is 4.39 Å². The summed E-state index contributed by atoms with van der Waals surface area (Å²) in [5.41, 5.74) is 1.18. The van der Waals surface area contributed by atoms with Gasteiger partial charge in [0.05, 0.1) is 0 Å². The predicted octanol–water partition coefficient (Wildman–Crippen LogP) is 4.45. The molecule has 2 aromatic rings. The van der Waals surface area contributed by atoms with Crippen molar-refractivity contribution in [1.82, 2.24) is 10.2 Å². The first kappa shape index (κ1) is 24.4. The highest BCUT2D eigenvalue weighted by atomic mass is 19.1. The monoisotopic (exact) mass is 428 g/mol. The first-order valence-electron chi connectivity index (χ1n) is 10.7. The summed E-state index contributed by atoms with van der Waals surface area (Å²) < 4.78 is 20.1. The van der Waals surface area contributed by atoms with E-state index in [1.54, 1.807) is 25.1 Å². The number of nitrogens with zero attached hydrogens (tertiary/aromatic N) is 1. The standard InChI is InChI=1S/C25H33FN2O3/c1-6-15-27-24(30)18(2)28(16-19-11-7-9-13-21(19)26)23(29)17-31-22-14-10-8-12-20(22)25(3,4)5/h7-14,18H,6,15-17H2,1-5H3,(H,27,30)/t18-/m1/s1. The van der Waals surface area contributed by atoms with Gasteiger partial charge in [-0.1, -0.05) is 64.1 Å². The number of carbonyl (C=O) groups is 2. The van der Waals surface area contributed by atoms with Gasteiger partial charge in [0.2, 0.25) is 5.91 Å². The molecule has 0 unspecified atom stereocenters. The zero-order chi connectivity index (χ0) is 23.0. The van der Waals surface area contributed by atoms with Gasteiger partial charge in [0.25, 0.3) is 5.91 Å². The van der Waals surface area contributed by atoms with Gasteiger partial charge < -0.3 is 15.0 Å². The fraction of sp³-hybridized carbons (Fsp3) is 0.440. The maximum Gasteiger partial charge on any atom is 0.261 e. The molecule has 2 aromatic carbocycles. The molecular weight excluding hydrogens is 395 g/mol. The molecule has 5 nitrogen and oxygen atoms in total. The van der Waals surface area contributed by atoms with Gasteiger partial charge in [-0.25, -0.2) is 4.39 Å². The van der Waals surface area contributed by atoms with E-state index in [1.807, 2.05) is 31.2 Å². The molecule has 0 aliphatic carbocycles. The van der Waals surface area contributed by atoms with E-state index in [9.17, 15) is 14.0 Å². The molecule has 0 saturated heterocycles. The van der Waals surface area contributed by atoms with Gasteiger partial charge in [0.15, 0.2) is 6.61 Å². The zero-order valence-electron chi connectivity index (χ0n) is 19.1. The summed E-state index contributed by atoms with van der Waals surface area (Å²) >= 11 is 0.